The van der Waals surface area contributed by atoms with Crippen LogP contribution >= 0.6 is 11.8 Å². The maximum Gasteiger partial charge on any atom is 0.269 e. The minimum atomic E-state index is -0.492. The van der Waals surface area contributed by atoms with E-state index in [1.807, 2.05) is 24.3 Å². The van der Waals surface area contributed by atoms with Crippen molar-refractivity contribution in [3.63, 3.8) is 0 Å². The standard InChI is InChI=1S/C21H18N2O3S/c1-14-3-10-20(13-15(14)2)27-19-11-6-17(7-12-19)22-21(24)16-4-8-18(9-5-16)23(25)26/h3-13H,1-2H3,(H,22,24). The van der Waals surface area contributed by atoms with E-state index in [0.717, 1.165) is 4.90 Å². The van der Waals surface area contributed by atoms with Crippen LogP contribution in [0.1, 0.15) is 21.5 Å². The lowest BCUT2D eigenvalue weighted by Gasteiger charge is -2.08. The summed E-state index contributed by atoms with van der Waals surface area (Å²) in [6.45, 7) is 4.18. The van der Waals surface area contributed by atoms with E-state index in [-0.39, 0.29) is 11.6 Å². The highest BCUT2D eigenvalue weighted by Crippen LogP contribution is 2.30. The minimum Gasteiger partial charge on any atom is -0.322 e. The third-order valence-corrected chi connectivity index (χ3v) is 5.16. The van der Waals surface area contributed by atoms with Crippen LogP contribution in [0.5, 0.6) is 0 Å². The number of carbonyl (C=O) groups excluding carboxylic acids is 1. The van der Waals surface area contributed by atoms with Gasteiger partial charge in [-0.1, -0.05) is 17.8 Å². The van der Waals surface area contributed by atoms with Crippen molar-refractivity contribution in [3.05, 3.63) is 93.5 Å². The van der Waals surface area contributed by atoms with Gasteiger partial charge in [-0.3, -0.25) is 14.9 Å². The van der Waals surface area contributed by atoms with Gasteiger partial charge in [0.15, 0.2) is 0 Å². The van der Waals surface area contributed by atoms with Gasteiger partial charge in [0, 0.05) is 33.2 Å². The molecule has 0 spiro atoms. The second-order valence-corrected chi connectivity index (χ2v) is 7.28. The first-order valence-electron chi connectivity index (χ1n) is 8.33. The third kappa shape index (κ3) is 4.74. The largest absolute Gasteiger partial charge is 0.322 e. The van der Waals surface area contributed by atoms with Gasteiger partial charge in [0.1, 0.15) is 0 Å². The number of hydrogen-bond acceptors (Lipinski definition) is 4. The highest BCUT2D eigenvalue weighted by atomic mass is 32.2. The molecule has 0 fully saturated rings. The van der Waals surface area contributed by atoms with Crippen LogP contribution < -0.4 is 5.32 Å². The first-order chi connectivity index (χ1) is 12.9. The molecule has 0 atom stereocenters. The molecule has 0 saturated carbocycles. The van der Waals surface area contributed by atoms with Crippen LogP contribution in [0.3, 0.4) is 0 Å². The summed E-state index contributed by atoms with van der Waals surface area (Å²) in [5.74, 6) is -0.306. The summed E-state index contributed by atoms with van der Waals surface area (Å²) >= 11 is 1.66. The number of aryl methyl sites for hydroxylation is 2. The Morgan fingerprint density at radius 1 is 0.889 bits per heavy atom. The van der Waals surface area contributed by atoms with Crippen molar-refractivity contribution in [1.29, 1.82) is 0 Å². The molecule has 5 nitrogen and oxygen atoms in total. The summed E-state index contributed by atoms with van der Waals surface area (Å²) in [4.78, 5) is 24.7. The Morgan fingerprint density at radius 2 is 1.52 bits per heavy atom. The fourth-order valence-corrected chi connectivity index (χ4v) is 3.37. The van der Waals surface area contributed by atoms with Crippen molar-refractivity contribution in [2.75, 3.05) is 5.32 Å². The normalized spacial score (nSPS) is 10.4. The molecule has 0 aromatic heterocycles. The number of nitrogens with one attached hydrogen (secondary N) is 1. The van der Waals surface area contributed by atoms with E-state index >= 15 is 0 Å². The zero-order valence-electron chi connectivity index (χ0n) is 14.9. The van der Waals surface area contributed by atoms with E-state index in [0.29, 0.717) is 11.3 Å². The van der Waals surface area contributed by atoms with Crippen LogP contribution in [0.25, 0.3) is 0 Å². The van der Waals surface area contributed by atoms with Gasteiger partial charge in [-0.05, 0) is 73.5 Å². The lowest BCUT2D eigenvalue weighted by molar-refractivity contribution is -0.384. The fourth-order valence-electron chi connectivity index (χ4n) is 2.46. The van der Waals surface area contributed by atoms with E-state index in [2.05, 4.69) is 37.4 Å². The molecule has 0 aliphatic rings. The number of nitro groups is 1. The van der Waals surface area contributed by atoms with E-state index in [1.54, 1.807) is 11.8 Å². The summed E-state index contributed by atoms with van der Waals surface area (Å²) in [5.41, 5.74) is 3.52. The number of nitro benzene ring substituents is 1. The summed E-state index contributed by atoms with van der Waals surface area (Å²) in [7, 11) is 0. The van der Waals surface area contributed by atoms with Crippen LogP contribution in [0.15, 0.2) is 76.5 Å². The van der Waals surface area contributed by atoms with Gasteiger partial charge in [-0.2, -0.15) is 0 Å². The first kappa shape index (κ1) is 18.7. The molecule has 3 rings (SSSR count). The Bertz CT molecular complexity index is 983. The van der Waals surface area contributed by atoms with Gasteiger partial charge in [-0.25, -0.2) is 0 Å². The topological polar surface area (TPSA) is 72.2 Å². The molecule has 0 saturated heterocycles. The molecule has 0 bridgehead atoms. The van der Waals surface area contributed by atoms with Gasteiger partial charge in [0.05, 0.1) is 4.92 Å². The Morgan fingerprint density at radius 3 is 2.11 bits per heavy atom. The van der Waals surface area contributed by atoms with Gasteiger partial charge < -0.3 is 5.32 Å². The zero-order chi connectivity index (χ0) is 19.4. The number of benzene rings is 3. The maximum absolute atomic E-state index is 12.3. The predicted octanol–water partition coefficient (Wildman–Crippen LogP) is 5.62. The van der Waals surface area contributed by atoms with Crippen molar-refractivity contribution in [2.45, 2.75) is 23.6 Å². The van der Waals surface area contributed by atoms with Crippen LogP contribution in [-0.2, 0) is 0 Å². The predicted molar refractivity (Wildman–Crippen MR) is 108 cm³/mol. The van der Waals surface area contributed by atoms with Crippen LogP contribution in [0.2, 0.25) is 0 Å². The van der Waals surface area contributed by atoms with Crippen LogP contribution in [0, 0.1) is 24.0 Å². The first-order valence-corrected chi connectivity index (χ1v) is 9.15. The lowest BCUT2D eigenvalue weighted by Crippen LogP contribution is -2.11. The molecule has 3 aromatic carbocycles. The number of rotatable bonds is 5. The molecule has 0 radical (unpaired) electrons. The van der Waals surface area contributed by atoms with Gasteiger partial charge in [0.25, 0.3) is 11.6 Å². The molecule has 136 valence electrons. The fraction of sp³-hybridized carbons (Fsp3) is 0.0952. The molecule has 0 aliphatic carbocycles. The Kier molecular flexibility index (Phi) is 5.57. The van der Waals surface area contributed by atoms with E-state index in [1.165, 1.54) is 40.3 Å². The van der Waals surface area contributed by atoms with E-state index in [4.69, 9.17) is 0 Å². The second kappa shape index (κ2) is 8.05. The molecule has 0 aliphatic heterocycles. The summed E-state index contributed by atoms with van der Waals surface area (Å²) < 4.78 is 0. The molecular formula is C21H18N2O3S. The average molecular weight is 378 g/mol. The molecule has 0 unspecified atom stereocenters. The zero-order valence-corrected chi connectivity index (χ0v) is 15.7. The number of anilines is 1. The van der Waals surface area contributed by atoms with Gasteiger partial charge in [-0.15, -0.1) is 0 Å². The van der Waals surface area contributed by atoms with Crippen molar-refractivity contribution >= 4 is 29.0 Å². The molecule has 1 amide bonds. The number of carbonyl (C=O) groups is 1. The molecule has 6 heteroatoms. The van der Waals surface area contributed by atoms with Gasteiger partial charge in [0.2, 0.25) is 0 Å². The number of non-ortho nitro benzene ring substituents is 1. The quantitative estimate of drug-likeness (QED) is 0.462. The Labute approximate surface area is 161 Å². The van der Waals surface area contributed by atoms with Crippen molar-refractivity contribution in [1.82, 2.24) is 0 Å². The van der Waals surface area contributed by atoms with Gasteiger partial charge >= 0.3 is 0 Å². The molecule has 3 aromatic rings. The smallest absolute Gasteiger partial charge is 0.269 e. The number of nitrogens with zero attached hydrogens (tertiary/aromatic N) is 1. The monoisotopic (exact) mass is 378 g/mol. The van der Waals surface area contributed by atoms with Crippen LogP contribution in [0.4, 0.5) is 11.4 Å². The number of amides is 1. The second-order valence-electron chi connectivity index (χ2n) is 6.13. The van der Waals surface area contributed by atoms with Crippen molar-refractivity contribution in [2.24, 2.45) is 0 Å². The maximum atomic E-state index is 12.3. The summed E-state index contributed by atoms with van der Waals surface area (Å²) in [5, 5.41) is 13.5. The highest BCUT2D eigenvalue weighted by Gasteiger charge is 2.10. The minimum absolute atomic E-state index is 0.0423. The molecule has 0 heterocycles. The van der Waals surface area contributed by atoms with Crippen LogP contribution in [-0.4, -0.2) is 10.8 Å². The highest BCUT2D eigenvalue weighted by molar-refractivity contribution is 7.99. The molecule has 1 N–H and O–H groups in total. The van der Waals surface area contributed by atoms with Crippen molar-refractivity contribution in [3.8, 4) is 0 Å². The SMILES string of the molecule is Cc1ccc(Sc2ccc(NC(=O)c3ccc([N+](=O)[O-])cc3)cc2)cc1C. The molecular weight excluding hydrogens is 360 g/mol. The third-order valence-electron chi connectivity index (χ3n) is 4.17. The lowest BCUT2D eigenvalue weighted by atomic mass is 10.1. The molecule has 27 heavy (non-hydrogen) atoms. The summed E-state index contributed by atoms with van der Waals surface area (Å²) in [6, 6.07) is 19.5. The van der Waals surface area contributed by atoms with E-state index < -0.39 is 4.92 Å². The summed E-state index contributed by atoms with van der Waals surface area (Å²) in [6.07, 6.45) is 0. The van der Waals surface area contributed by atoms with Crippen molar-refractivity contribution < 1.29 is 9.72 Å². The number of hydrogen-bond donors (Lipinski definition) is 1. The van der Waals surface area contributed by atoms with E-state index in [9.17, 15) is 14.9 Å². The Balaban J connectivity index is 1.65. The average Bonchev–Trinajstić information content (AvgIpc) is 2.66. The Hall–Kier alpha value is -3.12.